The summed E-state index contributed by atoms with van der Waals surface area (Å²) in [4.78, 5) is 36.7. The van der Waals surface area contributed by atoms with Gasteiger partial charge in [0.1, 0.15) is 5.54 Å². The molecule has 0 fully saturated rings. The molecule has 0 bridgehead atoms. The Morgan fingerprint density at radius 2 is 2.16 bits per heavy atom. The van der Waals surface area contributed by atoms with Gasteiger partial charge in [-0.25, -0.2) is 4.79 Å². The van der Waals surface area contributed by atoms with Gasteiger partial charge in [-0.3, -0.25) is 9.59 Å². The van der Waals surface area contributed by atoms with Crippen LogP contribution in [0.5, 0.6) is 0 Å². The summed E-state index contributed by atoms with van der Waals surface area (Å²) in [5.41, 5.74) is -1.49. The fourth-order valence-corrected chi connectivity index (χ4v) is 1.99. The number of aromatic nitrogens is 1. The molecule has 1 aromatic heterocycles. The minimum atomic E-state index is -1.32. The smallest absolute Gasteiger partial charge is 0.329 e. The monoisotopic (exact) mass is 330 g/mol. The summed E-state index contributed by atoms with van der Waals surface area (Å²) in [6, 6.07) is 1.35. The first-order chi connectivity index (χ1) is 8.80. The number of halogens is 1. The molecular weight excluding hydrogens is 316 g/mol. The average Bonchev–Trinajstić information content (AvgIpc) is 2.32. The minimum absolute atomic E-state index is 0.190. The third-order valence-electron chi connectivity index (χ3n) is 2.73. The largest absolute Gasteiger partial charge is 0.480 e. The van der Waals surface area contributed by atoms with E-state index in [0.717, 1.165) is 0 Å². The van der Waals surface area contributed by atoms with Crippen LogP contribution in [-0.4, -0.2) is 27.5 Å². The lowest BCUT2D eigenvalue weighted by Gasteiger charge is -2.25. The summed E-state index contributed by atoms with van der Waals surface area (Å²) in [5.74, 6) is -1.64. The van der Waals surface area contributed by atoms with Crippen LogP contribution in [0.15, 0.2) is 21.5 Å². The Hall–Kier alpha value is -1.63. The van der Waals surface area contributed by atoms with Crippen LogP contribution in [0.25, 0.3) is 0 Å². The Morgan fingerprint density at radius 3 is 2.63 bits per heavy atom. The van der Waals surface area contributed by atoms with E-state index in [4.69, 9.17) is 0 Å². The molecule has 0 aliphatic heterocycles. The molecule has 19 heavy (non-hydrogen) atoms. The van der Waals surface area contributed by atoms with Gasteiger partial charge in [-0.15, -0.1) is 0 Å². The topological polar surface area (TPSA) is 99.3 Å². The maximum Gasteiger partial charge on any atom is 0.329 e. The Kier molecular flexibility index (Phi) is 4.88. The first-order valence-corrected chi connectivity index (χ1v) is 6.53. The Morgan fingerprint density at radius 1 is 1.53 bits per heavy atom. The molecule has 1 unspecified atom stereocenters. The zero-order valence-corrected chi connectivity index (χ0v) is 12.2. The van der Waals surface area contributed by atoms with Gasteiger partial charge in [0.05, 0.1) is 10.0 Å². The van der Waals surface area contributed by atoms with E-state index in [1.165, 1.54) is 19.2 Å². The number of carbonyl (C=O) groups excluding carboxylic acids is 1. The zero-order valence-electron chi connectivity index (χ0n) is 10.6. The molecule has 7 heteroatoms. The van der Waals surface area contributed by atoms with E-state index in [1.807, 2.05) is 6.92 Å². The second-order valence-electron chi connectivity index (χ2n) is 4.41. The third-order valence-corrected chi connectivity index (χ3v) is 3.32. The van der Waals surface area contributed by atoms with E-state index >= 15 is 0 Å². The average molecular weight is 331 g/mol. The molecule has 104 valence electrons. The van der Waals surface area contributed by atoms with Crippen LogP contribution in [0.2, 0.25) is 0 Å². The maximum absolute atomic E-state index is 12.0. The number of carbonyl (C=O) groups is 2. The van der Waals surface area contributed by atoms with Crippen molar-refractivity contribution in [1.82, 2.24) is 10.3 Å². The van der Waals surface area contributed by atoms with Gasteiger partial charge in [0.25, 0.3) is 11.5 Å². The number of nitrogens with one attached hydrogen (secondary N) is 2. The van der Waals surface area contributed by atoms with Gasteiger partial charge in [0.15, 0.2) is 0 Å². The summed E-state index contributed by atoms with van der Waals surface area (Å²) in [6.45, 7) is 3.29. The summed E-state index contributed by atoms with van der Waals surface area (Å²) in [6.07, 6.45) is 2.19. The molecule has 1 rings (SSSR count). The van der Waals surface area contributed by atoms with Gasteiger partial charge in [-0.2, -0.15) is 0 Å². The zero-order chi connectivity index (χ0) is 14.6. The molecule has 6 nitrogen and oxygen atoms in total. The molecule has 3 N–H and O–H groups in total. The number of hydrogen-bond donors (Lipinski definition) is 3. The number of aromatic amines is 1. The summed E-state index contributed by atoms with van der Waals surface area (Å²) < 4.78 is 0.215. The highest BCUT2D eigenvalue weighted by Gasteiger charge is 2.34. The van der Waals surface area contributed by atoms with E-state index in [-0.39, 0.29) is 15.6 Å². The maximum atomic E-state index is 12.0. The van der Waals surface area contributed by atoms with Crippen LogP contribution in [0.1, 0.15) is 37.0 Å². The number of hydrogen-bond acceptors (Lipinski definition) is 3. The molecule has 1 atom stereocenters. The minimum Gasteiger partial charge on any atom is -0.480 e. The molecule has 1 heterocycles. The van der Waals surface area contributed by atoms with Crippen molar-refractivity contribution in [2.75, 3.05) is 0 Å². The van der Waals surface area contributed by atoms with Crippen molar-refractivity contribution in [3.05, 3.63) is 32.7 Å². The molecule has 1 amide bonds. The number of carboxylic acid groups (broad SMARTS) is 1. The van der Waals surface area contributed by atoms with Gasteiger partial charge in [0.2, 0.25) is 0 Å². The number of amides is 1. The van der Waals surface area contributed by atoms with Crippen LogP contribution >= 0.6 is 15.9 Å². The van der Waals surface area contributed by atoms with Crippen molar-refractivity contribution < 1.29 is 14.7 Å². The van der Waals surface area contributed by atoms with Crippen molar-refractivity contribution in [3.8, 4) is 0 Å². The van der Waals surface area contributed by atoms with Gasteiger partial charge < -0.3 is 15.4 Å². The van der Waals surface area contributed by atoms with Crippen molar-refractivity contribution in [2.24, 2.45) is 0 Å². The van der Waals surface area contributed by atoms with Crippen LogP contribution in [0, 0.1) is 0 Å². The number of pyridine rings is 1. The van der Waals surface area contributed by atoms with E-state index in [1.54, 1.807) is 0 Å². The van der Waals surface area contributed by atoms with E-state index < -0.39 is 17.4 Å². The van der Waals surface area contributed by atoms with E-state index in [9.17, 15) is 19.5 Å². The Bertz CT molecular complexity index is 555. The van der Waals surface area contributed by atoms with Crippen LogP contribution in [-0.2, 0) is 4.79 Å². The molecule has 0 radical (unpaired) electrons. The Balaban J connectivity index is 2.97. The molecule has 0 aromatic carbocycles. The second-order valence-corrected chi connectivity index (χ2v) is 5.26. The van der Waals surface area contributed by atoms with E-state index in [0.29, 0.717) is 12.8 Å². The van der Waals surface area contributed by atoms with Crippen LogP contribution in [0.4, 0.5) is 0 Å². The molecule has 0 aliphatic rings. The fourth-order valence-electron chi connectivity index (χ4n) is 1.63. The second kappa shape index (κ2) is 6.01. The lowest BCUT2D eigenvalue weighted by Crippen LogP contribution is -2.52. The Labute approximate surface area is 118 Å². The SMILES string of the molecule is CCCC(C)(NC(=O)c1c[nH]c(=O)c(Br)c1)C(=O)O. The first-order valence-electron chi connectivity index (χ1n) is 5.74. The standard InChI is InChI=1S/C12H15BrN2O4/c1-3-4-12(2,11(18)19)15-9(16)7-5-8(13)10(17)14-6-7/h5-6H,3-4H2,1-2H3,(H,14,17)(H,15,16)(H,18,19). The van der Waals surface area contributed by atoms with Gasteiger partial charge in [0, 0.05) is 6.20 Å². The van der Waals surface area contributed by atoms with Crippen LogP contribution in [0.3, 0.4) is 0 Å². The van der Waals surface area contributed by atoms with Crippen molar-refractivity contribution >= 4 is 27.8 Å². The molecule has 0 aliphatic carbocycles. The van der Waals surface area contributed by atoms with Gasteiger partial charge in [-0.1, -0.05) is 13.3 Å². The predicted octanol–water partition coefficient (Wildman–Crippen LogP) is 1.51. The van der Waals surface area contributed by atoms with Crippen molar-refractivity contribution in [1.29, 1.82) is 0 Å². The summed E-state index contributed by atoms with van der Waals surface area (Å²) in [7, 11) is 0. The lowest BCUT2D eigenvalue weighted by atomic mass is 9.96. The number of carboxylic acids is 1. The van der Waals surface area contributed by atoms with Crippen LogP contribution < -0.4 is 10.9 Å². The van der Waals surface area contributed by atoms with Gasteiger partial charge >= 0.3 is 5.97 Å². The number of rotatable bonds is 5. The van der Waals surface area contributed by atoms with Gasteiger partial charge in [-0.05, 0) is 35.3 Å². The first kappa shape index (κ1) is 15.4. The highest BCUT2D eigenvalue weighted by molar-refractivity contribution is 9.10. The van der Waals surface area contributed by atoms with Crippen molar-refractivity contribution in [3.63, 3.8) is 0 Å². The number of aliphatic carboxylic acids is 1. The highest BCUT2D eigenvalue weighted by Crippen LogP contribution is 2.14. The summed E-state index contributed by atoms with van der Waals surface area (Å²) >= 11 is 3.01. The summed E-state index contributed by atoms with van der Waals surface area (Å²) in [5, 5.41) is 11.7. The molecule has 1 aromatic rings. The normalized spacial score (nSPS) is 13.6. The lowest BCUT2D eigenvalue weighted by molar-refractivity contribution is -0.144. The molecule has 0 saturated carbocycles. The van der Waals surface area contributed by atoms with Crippen molar-refractivity contribution in [2.45, 2.75) is 32.2 Å². The van der Waals surface area contributed by atoms with E-state index in [2.05, 4.69) is 26.2 Å². The highest BCUT2D eigenvalue weighted by atomic mass is 79.9. The molecule has 0 saturated heterocycles. The predicted molar refractivity (Wildman–Crippen MR) is 73.2 cm³/mol. The fraction of sp³-hybridized carbons (Fsp3) is 0.417. The molecular formula is C12H15BrN2O4. The quantitative estimate of drug-likeness (QED) is 0.761. The third kappa shape index (κ3) is 3.66. The molecule has 0 spiro atoms. The number of H-pyrrole nitrogens is 1.